The molecular weight excluding hydrogens is 536 g/mol. The first-order valence-corrected chi connectivity index (χ1v) is 12.9. The second-order valence-corrected chi connectivity index (χ2v) is 10.3. The number of nitrogens with zero attached hydrogens (tertiary/aromatic N) is 1. The van der Waals surface area contributed by atoms with Crippen molar-refractivity contribution in [1.82, 2.24) is 10.2 Å². The van der Waals surface area contributed by atoms with Gasteiger partial charge in [0.2, 0.25) is 0 Å². The molecule has 0 saturated carbocycles. The zero-order valence-corrected chi connectivity index (χ0v) is 22.1. The summed E-state index contributed by atoms with van der Waals surface area (Å²) in [5.41, 5.74) is 0.210. The van der Waals surface area contributed by atoms with Crippen LogP contribution in [0.2, 0.25) is 0 Å². The highest BCUT2D eigenvalue weighted by molar-refractivity contribution is 9.10. The third-order valence-corrected chi connectivity index (χ3v) is 7.75. The van der Waals surface area contributed by atoms with E-state index in [1.807, 2.05) is 54.6 Å². The smallest absolute Gasteiger partial charge is 0.258 e. The van der Waals surface area contributed by atoms with Gasteiger partial charge in [-0.1, -0.05) is 34.1 Å². The highest BCUT2D eigenvalue weighted by Gasteiger charge is 2.43. The fourth-order valence-corrected chi connectivity index (χ4v) is 5.67. The number of nitrogens with one attached hydrogen (secondary N) is 1. The molecule has 0 aliphatic carbocycles. The molecule has 1 fully saturated rings. The van der Waals surface area contributed by atoms with Crippen molar-refractivity contribution in [2.24, 2.45) is 0 Å². The molecule has 4 aromatic carbocycles. The van der Waals surface area contributed by atoms with Crippen molar-refractivity contribution in [1.29, 1.82) is 0 Å². The van der Waals surface area contributed by atoms with Gasteiger partial charge in [-0.2, -0.15) is 0 Å². The van der Waals surface area contributed by atoms with E-state index in [0.717, 1.165) is 26.0 Å². The maximum atomic E-state index is 13.5. The van der Waals surface area contributed by atoms with E-state index in [9.17, 15) is 9.59 Å². The summed E-state index contributed by atoms with van der Waals surface area (Å²) in [7, 11) is 3.20. The summed E-state index contributed by atoms with van der Waals surface area (Å²) in [6.45, 7) is 0.891. The number of hydrogen-bond donors (Lipinski definition) is 1. The monoisotopic (exact) mass is 560 g/mol. The van der Waals surface area contributed by atoms with Crippen molar-refractivity contribution in [2.45, 2.75) is 18.6 Å². The molecule has 0 atom stereocenters. The Labute approximate surface area is 222 Å². The van der Waals surface area contributed by atoms with Crippen molar-refractivity contribution in [3.63, 3.8) is 0 Å². The van der Waals surface area contributed by atoms with E-state index in [2.05, 4.69) is 21.2 Å². The van der Waals surface area contributed by atoms with Gasteiger partial charge in [0.25, 0.3) is 11.8 Å². The van der Waals surface area contributed by atoms with Crippen LogP contribution in [0, 0.1) is 0 Å². The molecule has 8 heteroatoms. The van der Waals surface area contributed by atoms with Crippen LogP contribution < -0.4 is 19.5 Å². The van der Waals surface area contributed by atoms with Crippen LogP contribution in [0.5, 0.6) is 17.2 Å². The van der Waals surface area contributed by atoms with E-state index in [0.29, 0.717) is 54.3 Å². The van der Waals surface area contributed by atoms with Crippen LogP contribution in [-0.4, -0.2) is 49.7 Å². The lowest BCUT2D eigenvalue weighted by atomic mass is 9.95. The average Bonchev–Trinajstić information content (AvgIpc) is 2.91. The summed E-state index contributed by atoms with van der Waals surface area (Å²) in [6, 6.07) is 19.0. The Bertz CT molecular complexity index is 1580. The number of rotatable bonds is 3. The van der Waals surface area contributed by atoms with Gasteiger partial charge in [0.1, 0.15) is 17.2 Å². The highest BCUT2D eigenvalue weighted by Crippen LogP contribution is 2.38. The van der Waals surface area contributed by atoms with Crippen molar-refractivity contribution in [3.05, 3.63) is 76.3 Å². The van der Waals surface area contributed by atoms with Crippen molar-refractivity contribution in [3.8, 4) is 17.2 Å². The molecule has 7 nitrogen and oxygen atoms in total. The Morgan fingerprint density at radius 3 is 2.49 bits per heavy atom. The van der Waals surface area contributed by atoms with Gasteiger partial charge in [-0.25, -0.2) is 0 Å². The molecule has 0 bridgehead atoms. The van der Waals surface area contributed by atoms with Crippen LogP contribution >= 0.6 is 15.9 Å². The van der Waals surface area contributed by atoms with Gasteiger partial charge in [-0.15, -0.1) is 0 Å². The largest absolute Gasteiger partial charge is 0.496 e. The molecule has 188 valence electrons. The number of fused-ring (bicyclic) bond motifs is 3. The first-order chi connectivity index (χ1) is 17.9. The molecule has 2 aliphatic rings. The number of carbonyl (C=O) groups excluding carboxylic acids is 2. The lowest BCUT2D eigenvalue weighted by Gasteiger charge is -2.44. The number of piperidine rings is 1. The fourth-order valence-electron chi connectivity index (χ4n) is 5.29. The third-order valence-electron chi connectivity index (χ3n) is 7.26. The topological polar surface area (TPSA) is 77.1 Å². The van der Waals surface area contributed by atoms with Crippen LogP contribution in [-0.2, 0) is 0 Å². The van der Waals surface area contributed by atoms with Gasteiger partial charge < -0.3 is 24.4 Å². The Morgan fingerprint density at radius 1 is 0.946 bits per heavy atom. The fraction of sp³-hybridized carbons (Fsp3) is 0.241. The maximum Gasteiger partial charge on any atom is 0.258 e. The summed E-state index contributed by atoms with van der Waals surface area (Å²) in [6.07, 6.45) is 0.965. The van der Waals surface area contributed by atoms with Gasteiger partial charge in [0.05, 0.1) is 19.8 Å². The number of amides is 2. The number of hydrogen-bond acceptors (Lipinski definition) is 5. The van der Waals surface area contributed by atoms with E-state index in [1.165, 1.54) is 0 Å². The number of halogens is 1. The first kappa shape index (κ1) is 23.6. The molecule has 4 aromatic rings. The highest BCUT2D eigenvalue weighted by atomic mass is 79.9. The molecule has 0 radical (unpaired) electrons. The average molecular weight is 561 g/mol. The predicted molar refractivity (Wildman–Crippen MR) is 145 cm³/mol. The molecule has 0 unspecified atom stereocenters. The van der Waals surface area contributed by atoms with E-state index in [-0.39, 0.29) is 11.8 Å². The number of benzene rings is 4. The molecule has 2 amide bonds. The molecule has 1 saturated heterocycles. The molecule has 37 heavy (non-hydrogen) atoms. The molecular formula is C29H25BrN2O5. The first-order valence-electron chi connectivity index (χ1n) is 12.1. The standard InChI is InChI=1S/C29H25BrN2O5/c1-35-24-5-3-4-21-22(24)14-19(16-25(21)36-2)28(34)32-10-8-29(9-11-32)31-27(33)23-13-18-12-20(30)7-6-17(18)15-26(23)37-29/h3-7,12-16H,8-11H2,1-2H3,(H,31,33). The Kier molecular flexibility index (Phi) is 5.71. The minimum atomic E-state index is -0.839. The lowest BCUT2D eigenvalue weighted by Crippen LogP contribution is -2.61. The van der Waals surface area contributed by atoms with Crippen molar-refractivity contribution < 1.29 is 23.8 Å². The van der Waals surface area contributed by atoms with E-state index < -0.39 is 5.72 Å². The lowest BCUT2D eigenvalue weighted by molar-refractivity contribution is -0.0244. The van der Waals surface area contributed by atoms with Gasteiger partial charge >= 0.3 is 0 Å². The molecule has 1 spiro atoms. The molecule has 2 heterocycles. The Balaban J connectivity index is 1.24. The number of carbonyl (C=O) groups is 2. The Hall–Kier alpha value is -3.78. The second-order valence-electron chi connectivity index (χ2n) is 9.42. The number of methoxy groups -OCH3 is 2. The van der Waals surface area contributed by atoms with Crippen molar-refractivity contribution in [2.75, 3.05) is 27.3 Å². The predicted octanol–water partition coefficient (Wildman–Crippen LogP) is 5.53. The maximum absolute atomic E-state index is 13.5. The minimum Gasteiger partial charge on any atom is -0.496 e. The van der Waals surface area contributed by atoms with Crippen molar-refractivity contribution >= 4 is 49.3 Å². The van der Waals surface area contributed by atoms with E-state index in [1.54, 1.807) is 25.2 Å². The zero-order chi connectivity index (χ0) is 25.7. The van der Waals surface area contributed by atoms with Crippen LogP contribution in [0.25, 0.3) is 21.5 Å². The zero-order valence-electron chi connectivity index (χ0n) is 20.5. The van der Waals surface area contributed by atoms with Crippen LogP contribution in [0.3, 0.4) is 0 Å². The summed E-state index contributed by atoms with van der Waals surface area (Å²) in [4.78, 5) is 28.4. The molecule has 0 aromatic heterocycles. The molecule has 2 aliphatic heterocycles. The third kappa shape index (κ3) is 4.05. The molecule has 6 rings (SSSR count). The van der Waals surface area contributed by atoms with E-state index >= 15 is 0 Å². The normalized spacial score (nSPS) is 16.3. The summed E-state index contributed by atoms with van der Waals surface area (Å²) in [5.74, 6) is 1.62. The van der Waals surface area contributed by atoms with Gasteiger partial charge in [0, 0.05) is 46.7 Å². The summed E-state index contributed by atoms with van der Waals surface area (Å²) < 4.78 is 18.5. The molecule has 1 N–H and O–H groups in total. The van der Waals surface area contributed by atoms with Crippen LogP contribution in [0.15, 0.2) is 65.1 Å². The number of ether oxygens (including phenoxy) is 3. The number of likely N-dealkylation sites (tertiary alicyclic amines) is 1. The Morgan fingerprint density at radius 2 is 1.73 bits per heavy atom. The van der Waals surface area contributed by atoms with Gasteiger partial charge in [0.15, 0.2) is 5.72 Å². The van der Waals surface area contributed by atoms with Gasteiger partial charge in [-0.05, 0) is 53.2 Å². The summed E-state index contributed by atoms with van der Waals surface area (Å²) >= 11 is 3.48. The second kappa shape index (κ2) is 8.95. The van der Waals surface area contributed by atoms with E-state index in [4.69, 9.17) is 14.2 Å². The summed E-state index contributed by atoms with van der Waals surface area (Å²) in [5, 5.41) is 6.74. The van der Waals surface area contributed by atoms with Crippen LogP contribution in [0.1, 0.15) is 33.6 Å². The van der Waals surface area contributed by atoms with Crippen LogP contribution in [0.4, 0.5) is 0 Å². The van der Waals surface area contributed by atoms with Gasteiger partial charge in [-0.3, -0.25) is 9.59 Å². The minimum absolute atomic E-state index is 0.0972. The SMILES string of the molecule is COc1cc(C(=O)N2CCC3(CC2)NC(=O)c2cc4cc(Br)ccc4cc2O3)cc2c(OC)cccc12. The quantitative estimate of drug-likeness (QED) is 0.356.